The van der Waals surface area contributed by atoms with Gasteiger partial charge >= 0.3 is 5.97 Å². The van der Waals surface area contributed by atoms with Gasteiger partial charge in [0, 0.05) is 11.9 Å². The monoisotopic (exact) mass is 242 g/mol. The molecule has 1 saturated heterocycles. The molecule has 16 heavy (non-hydrogen) atoms. The fourth-order valence-electron chi connectivity index (χ4n) is 1.66. The highest BCUT2D eigenvalue weighted by Gasteiger charge is 2.26. The van der Waals surface area contributed by atoms with Gasteiger partial charge < -0.3 is 14.7 Å². The molecule has 1 aliphatic heterocycles. The molecule has 0 bridgehead atoms. The molecule has 2 rings (SSSR count). The van der Waals surface area contributed by atoms with Gasteiger partial charge in [0.15, 0.2) is 10.8 Å². The van der Waals surface area contributed by atoms with Crippen molar-refractivity contribution in [1.82, 2.24) is 4.98 Å². The Morgan fingerprint density at radius 2 is 2.44 bits per heavy atom. The van der Waals surface area contributed by atoms with E-state index >= 15 is 0 Å². The van der Waals surface area contributed by atoms with Gasteiger partial charge in [-0.2, -0.15) is 0 Å². The summed E-state index contributed by atoms with van der Waals surface area (Å²) in [5.41, 5.74) is 0.117. The molecule has 6 heteroatoms. The maximum Gasteiger partial charge on any atom is 0.355 e. The lowest BCUT2D eigenvalue weighted by molar-refractivity contribution is 0.0343. The molecular formula is C10H14N2O3S. The van der Waals surface area contributed by atoms with E-state index in [2.05, 4.69) is 9.88 Å². The molecule has 0 saturated carbocycles. The van der Waals surface area contributed by atoms with Crippen LogP contribution in [0.1, 0.15) is 24.3 Å². The molecule has 1 aromatic heterocycles. The highest BCUT2D eigenvalue weighted by molar-refractivity contribution is 7.13. The number of carboxylic acids is 1. The van der Waals surface area contributed by atoms with E-state index in [9.17, 15) is 4.79 Å². The fourth-order valence-corrected chi connectivity index (χ4v) is 2.58. The number of morpholine rings is 1. The second kappa shape index (κ2) is 4.39. The number of ether oxygens (including phenoxy) is 1. The number of hydrogen-bond acceptors (Lipinski definition) is 5. The average molecular weight is 242 g/mol. The van der Waals surface area contributed by atoms with Crippen molar-refractivity contribution in [2.75, 3.05) is 18.1 Å². The summed E-state index contributed by atoms with van der Waals surface area (Å²) in [5, 5.41) is 11.2. The minimum Gasteiger partial charge on any atom is -0.476 e. The van der Waals surface area contributed by atoms with Gasteiger partial charge in [-0.3, -0.25) is 0 Å². The third-order valence-electron chi connectivity index (χ3n) is 2.56. The van der Waals surface area contributed by atoms with E-state index < -0.39 is 5.97 Å². The van der Waals surface area contributed by atoms with Crippen LogP contribution in [0.5, 0.6) is 0 Å². The topological polar surface area (TPSA) is 62.7 Å². The quantitative estimate of drug-likeness (QED) is 0.850. The van der Waals surface area contributed by atoms with Crippen LogP contribution >= 0.6 is 11.3 Å². The Hall–Kier alpha value is -1.14. The van der Waals surface area contributed by atoms with Crippen molar-refractivity contribution in [3.8, 4) is 0 Å². The molecule has 1 fully saturated rings. The van der Waals surface area contributed by atoms with Crippen LogP contribution in [0.15, 0.2) is 5.38 Å². The smallest absolute Gasteiger partial charge is 0.355 e. The van der Waals surface area contributed by atoms with E-state index in [1.165, 1.54) is 11.3 Å². The van der Waals surface area contributed by atoms with Gasteiger partial charge in [0.2, 0.25) is 0 Å². The number of hydrogen-bond donors (Lipinski definition) is 1. The maximum absolute atomic E-state index is 10.7. The van der Waals surface area contributed by atoms with E-state index in [1.54, 1.807) is 5.38 Å². The fraction of sp³-hybridized carbons (Fsp3) is 0.600. The first-order valence-corrected chi connectivity index (χ1v) is 6.03. The first-order chi connectivity index (χ1) is 7.58. The molecule has 1 N–H and O–H groups in total. The largest absolute Gasteiger partial charge is 0.476 e. The number of thiazole rings is 1. The Labute approximate surface area is 97.7 Å². The molecule has 1 aromatic rings. The van der Waals surface area contributed by atoms with Gasteiger partial charge in [0.1, 0.15) is 0 Å². The van der Waals surface area contributed by atoms with Crippen molar-refractivity contribution in [3.05, 3.63) is 11.1 Å². The van der Waals surface area contributed by atoms with Crippen LogP contribution in [-0.2, 0) is 4.74 Å². The van der Waals surface area contributed by atoms with Crippen molar-refractivity contribution < 1.29 is 14.6 Å². The second-order valence-electron chi connectivity index (χ2n) is 3.97. The van der Waals surface area contributed by atoms with Crippen LogP contribution in [-0.4, -0.2) is 41.4 Å². The normalized spacial score (nSPS) is 25.8. The van der Waals surface area contributed by atoms with Gasteiger partial charge in [0.25, 0.3) is 0 Å². The zero-order valence-corrected chi connectivity index (χ0v) is 10.0. The van der Waals surface area contributed by atoms with Gasteiger partial charge in [-0.1, -0.05) is 0 Å². The first-order valence-electron chi connectivity index (χ1n) is 5.15. The number of nitrogens with zero attached hydrogens (tertiary/aromatic N) is 2. The van der Waals surface area contributed by atoms with Crippen molar-refractivity contribution in [2.24, 2.45) is 0 Å². The number of rotatable bonds is 2. The zero-order chi connectivity index (χ0) is 11.7. The summed E-state index contributed by atoms with van der Waals surface area (Å²) in [6, 6.07) is 0.240. The Morgan fingerprint density at radius 1 is 1.69 bits per heavy atom. The lowest BCUT2D eigenvalue weighted by Gasteiger charge is -2.36. The van der Waals surface area contributed by atoms with E-state index in [0.717, 1.165) is 11.7 Å². The molecule has 5 nitrogen and oxygen atoms in total. The standard InChI is InChI=1S/C10H14N2O3S/c1-6-4-15-7(2)3-12(6)10-11-8(5-16-10)9(13)14/h5-7H,3-4H2,1-2H3,(H,13,14). The minimum atomic E-state index is -0.975. The third-order valence-corrected chi connectivity index (χ3v) is 3.44. The highest BCUT2D eigenvalue weighted by atomic mass is 32.1. The van der Waals surface area contributed by atoms with Crippen molar-refractivity contribution in [2.45, 2.75) is 26.0 Å². The van der Waals surface area contributed by atoms with E-state index in [1.807, 2.05) is 13.8 Å². The summed E-state index contributed by atoms with van der Waals surface area (Å²) < 4.78 is 5.51. The zero-order valence-electron chi connectivity index (χ0n) is 9.21. The van der Waals surface area contributed by atoms with Crippen LogP contribution in [0.25, 0.3) is 0 Å². The van der Waals surface area contributed by atoms with Gasteiger partial charge in [-0.15, -0.1) is 11.3 Å². The molecule has 0 spiro atoms. The van der Waals surface area contributed by atoms with Gasteiger partial charge in [-0.05, 0) is 13.8 Å². The molecule has 0 aromatic carbocycles. The van der Waals surface area contributed by atoms with E-state index in [0.29, 0.717) is 6.61 Å². The molecule has 2 atom stereocenters. The number of carbonyl (C=O) groups is 1. The van der Waals surface area contributed by atoms with Crippen LogP contribution in [0.4, 0.5) is 5.13 Å². The molecular weight excluding hydrogens is 228 g/mol. The lowest BCUT2D eigenvalue weighted by Crippen LogP contribution is -2.47. The van der Waals surface area contributed by atoms with E-state index in [4.69, 9.17) is 9.84 Å². The summed E-state index contributed by atoms with van der Waals surface area (Å²) in [6.07, 6.45) is 0.161. The van der Waals surface area contributed by atoms with Crippen molar-refractivity contribution in [1.29, 1.82) is 0 Å². The summed E-state index contributed by atoms with van der Waals surface area (Å²) in [4.78, 5) is 17.0. The first kappa shape index (κ1) is 11.3. The predicted octanol–water partition coefficient (Wildman–Crippen LogP) is 1.45. The number of carboxylic acid groups (broad SMARTS) is 1. The minimum absolute atomic E-state index is 0.117. The summed E-state index contributed by atoms with van der Waals surface area (Å²) in [7, 11) is 0. The van der Waals surface area contributed by atoms with Crippen molar-refractivity contribution >= 4 is 22.4 Å². The maximum atomic E-state index is 10.7. The number of aromatic carboxylic acids is 1. The SMILES string of the molecule is CC1CN(c2nc(C(=O)O)cs2)C(C)CO1. The van der Waals surface area contributed by atoms with Gasteiger partial charge in [-0.25, -0.2) is 9.78 Å². The Morgan fingerprint density at radius 3 is 3.06 bits per heavy atom. The Kier molecular flexibility index (Phi) is 3.11. The molecule has 2 heterocycles. The highest BCUT2D eigenvalue weighted by Crippen LogP contribution is 2.25. The Bertz CT molecular complexity index is 393. The molecule has 88 valence electrons. The van der Waals surface area contributed by atoms with Gasteiger partial charge in [0.05, 0.1) is 18.8 Å². The van der Waals surface area contributed by atoms with Crippen molar-refractivity contribution in [3.63, 3.8) is 0 Å². The summed E-state index contributed by atoms with van der Waals surface area (Å²) >= 11 is 1.37. The molecule has 0 aliphatic carbocycles. The molecule has 0 radical (unpaired) electrons. The number of anilines is 1. The Balaban J connectivity index is 2.18. The lowest BCUT2D eigenvalue weighted by atomic mass is 10.2. The molecule has 0 amide bonds. The van der Waals surface area contributed by atoms with E-state index in [-0.39, 0.29) is 17.8 Å². The third kappa shape index (κ3) is 2.17. The number of aromatic nitrogens is 1. The van der Waals surface area contributed by atoms with Crippen LogP contribution in [0, 0.1) is 0 Å². The predicted molar refractivity (Wildman–Crippen MR) is 61.3 cm³/mol. The average Bonchev–Trinajstić information content (AvgIpc) is 2.70. The van der Waals surface area contributed by atoms with Crippen LogP contribution < -0.4 is 4.90 Å². The molecule has 2 unspecified atom stereocenters. The molecule has 1 aliphatic rings. The second-order valence-corrected chi connectivity index (χ2v) is 4.80. The summed E-state index contributed by atoms with van der Waals surface area (Å²) in [5.74, 6) is -0.975. The van der Waals surface area contributed by atoms with Crippen LogP contribution in [0.2, 0.25) is 0 Å². The summed E-state index contributed by atoms with van der Waals surface area (Å²) in [6.45, 7) is 5.47. The van der Waals surface area contributed by atoms with Crippen LogP contribution in [0.3, 0.4) is 0 Å².